The van der Waals surface area contributed by atoms with Crippen molar-refractivity contribution in [2.45, 2.75) is 25.2 Å². The standard InChI is InChI=1S/C15H16ClNO3.C14H11ClN2O3/c16-13-5-8(14(18)11-6-12(11)15(19)20)1-2-10(13)9-3-4-17-7-9;15-11-5-7(12(18)9-6-10(9)14(19)20)1-2-8(11)13-16-3-4-17-13/h1-2,5,9,11-12,17H,3-4,6-7H2,(H,19,20);1-5,9-10H,6H2,(H,16,17)(H,19,20)/t9?,11-,12-;9-,10-/m00/s1. The van der Waals surface area contributed by atoms with E-state index >= 15 is 0 Å². The molecule has 2 heterocycles. The van der Waals surface area contributed by atoms with Crippen LogP contribution in [0.15, 0.2) is 48.8 Å². The molecule has 4 N–H and O–H groups in total. The molecule has 3 aromatic rings. The largest absolute Gasteiger partial charge is 0.481 e. The summed E-state index contributed by atoms with van der Waals surface area (Å²) in [5, 5.41) is 22.0. The summed E-state index contributed by atoms with van der Waals surface area (Å²) in [4.78, 5) is 53.0. The van der Waals surface area contributed by atoms with E-state index in [1.54, 1.807) is 42.7 Å². The quantitative estimate of drug-likeness (QED) is 0.272. The molecule has 9 nitrogen and oxygen atoms in total. The lowest BCUT2D eigenvalue weighted by Gasteiger charge is -2.12. The average molecular weight is 584 g/mol. The number of imidazole rings is 1. The van der Waals surface area contributed by atoms with Crippen molar-refractivity contribution in [1.82, 2.24) is 15.3 Å². The number of aliphatic carboxylic acids is 2. The number of hydrogen-bond donors (Lipinski definition) is 4. The second-order valence-electron chi connectivity index (χ2n) is 10.4. The maximum Gasteiger partial charge on any atom is 0.307 e. The maximum absolute atomic E-state index is 12.2. The number of carboxylic acid groups (broad SMARTS) is 2. The second kappa shape index (κ2) is 11.5. The third-order valence-corrected chi connectivity index (χ3v) is 8.32. The minimum atomic E-state index is -0.915. The predicted molar refractivity (Wildman–Crippen MR) is 148 cm³/mol. The number of rotatable bonds is 8. The van der Waals surface area contributed by atoms with E-state index in [4.69, 9.17) is 33.4 Å². The molecule has 2 aliphatic carbocycles. The molecule has 3 fully saturated rings. The number of benzene rings is 2. The zero-order chi connectivity index (χ0) is 28.6. The monoisotopic (exact) mass is 583 g/mol. The Morgan fingerprint density at radius 3 is 1.88 bits per heavy atom. The van der Waals surface area contributed by atoms with E-state index in [-0.39, 0.29) is 17.5 Å². The summed E-state index contributed by atoms with van der Waals surface area (Å²) in [6.45, 7) is 1.90. The van der Waals surface area contributed by atoms with Gasteiger partial charge < -0.3 is 20.5 Å². The van der Waals surface area contributed by atoms with Crippen LogP contribution in [0.3, 0.4) is 0 Å². The van der Waals surface area contributed by atoms with Gasteiger partial charge in [0, 0.05) is 52.5 Å². The number of nitrogens with one attached hydrogen (secondary N) is 2. The van der Waals surface area contributed by atoms with Crippen molar-refractivity contribution in [3.8, 4) is 11.4 Å². The average Bonchev–Trinajstić information content (AvgIpc) is 3.78. The Bertz CT molecular complexity index is 1470. The topological polar surface area (TPSA) is 149 Å². The molecule has 2 aromatic carbocycles. The van der Waals surface area contributed by atoms with Gasteiger partial charge in [0.05, 0.1) is 16.9 Å². The Labute approximate surface area is 239 Å². The lowest BCUT2D eigenvalue weighted by Crippen LogP contribution is -2.10. The van der Waals surface area contributed by atoms with Crippen LogP contribution < -0.4 is 5.32 Å². The molecule has 6 rings (SSSR count). The van der Waals surface area contributed by atoms with E-state index in [9.17, 15) is 19.2 Å². The summed E-state index contributed by atoms with van der Waals surface area (Å²) < 4.78 is 0. The molecule has 1 unspecified atom stereocenters. The number of carboxylic acids is 2. The predicted octanol–water partition coefficient (Wildman–Crippen LogP) is 4.95. The number of carbonyl (C=O) groups excluding carboxylic acids is 2. The lowest BCUT2D eigenvalue weighted by atomic mass is 9.95. The molecule has 1 aliphatic heterocycles. The van der Waals surface area contributed by atoms with E-state index in [0.717, 1.165) is 25.1 Å². The van der Waals surface area contributed by atoms with Gasteiger partial charge in [-0.05, 0) is 55.5 Å². The van der Waals surface area contributed by atoms with Gasteiger partial charge in [-0.3, -0.25) is 19.2 Å². The molecule has 0 spiro atoms. The summed E-state index contributed by atoms with van der Waals surface area (Å²) >= 11 is 12.4. The Hall–Kier alpha value is -3.53. The number of nitrogens with zero attached hydrogens (tertiary/aromatic N) is 1. The minimum absolute atomic E-state index is 0.101. The van der Waals surface area contributed by atoms with Crippen LogP contribution in [0.1, 0.15) is 51.5 Å². The van der Waals surface area contributed by atoms with Crippen LogP contribution in [0.5, 0.6) is 0 Å². The van der Waals surface area contributed by atoms with E-state index in [0.29, 0.717) is 51.3 Å². The number of Topliss-reactive ketones (excluding diaryl/α,β-unsaturated/α-hetero) is 2. The van der Waals surface area contributed by atoms with Crippen molar-refractivity contribution in [1.29, 1.82) is 0 Å². The summed E-state index contributed by atoms with van der Waals surface area (Å²) in [6, 6.07) is 10.3. The molecule has 11 heteroatoms. The van der Waals surface area contributed by atoms with Gasteiger partial charge in [0.2, 0.25) is 0 Å². The zero-order valence-electron chi connectivity index (χ0n) is 21.3. The molecule has 1 saturated heterocycles. The molecule has 5 atom stereocenters. The van der Waals surface area contributed by atoms with E-state index < -0.39 is 29.7 Å². The number of carbonyl (C=O) groups is 4. The van der Waals surface area contributed by atoms with Gasteiger partial charge in [-0.1, -0.05) is 41.4 Å². The molecule has 208 valence electrons. The van der Waals surface area contributed by atoms with Crippen LogP contribution in [-0.4, -0.2) is 56.8 Å². The highest BCUT2D eigenvalue weighted by Gasteiger charge is 2.49. The highest BCUT2D eigenvalue weighted by molar-refractivity contribution is 6.33. The van der Waals surface area contributed by atoms with Crippen LogP contribution in [0.2, 0.25) is 10.0 Å². The minimum Gasteiger partial charge on any atom is -0.481 e. The van der Waals surface area contributed by atoms with Gasteiger partial charge in [0.1, 0.15) is 5.82 Å². The SMILES string of the molecule is O=C(O)[C@H]1C[C@@H]1C(=O)c1ccc(-c2ncc[nH]2)c(Cl)c1.O=C(O)[C@H]1C[C@@H]1C(=O)c1ccc(C2CCNC2)c(Cl)c1. The summed E-state index contributed by atoms with van der Waals surface area (Å²) in [5.41, 5.74) is 2.75. The summed E-state index contributed by atoms with van der Waals surface area (Å²) in [6.07, 6.45) is 5.21. The lowest BCUT2D eigenvalue weighted by molar-refractivity contribution is -0.139. The van der Waals surface area contributed by atoms with Gasteiger partial charge in [-0.2, -0.15) is 0 Å². The molecule has 40 heavy (non-hydrogen) atoms. The third-order valence-electron chi connectivity index (χ3n) is 7.68. The van der Waals surface area contributed by atoms with Crippen molar-refractivity contribution in [3.63, 3.8) is 0 Å². The zero-order valence-corrected chi connectivity index (χ0v) is 22.8. The van der Waals surface area contributed by atoms with Crippen LogP contribution in [0.4, 0.5) is 0 Å². The normalized spacial score (nSPS) is 24.5. The third kappa shape index (κ3) is 5.96. The van der Waals surface area contributed by atoms with E-state index in [1.807, 2.05) is 6.07 Å². The maximum atomic E-state index is 12.2. The van der Waals surface area contributed by atoms with Crippen molar-refractivity contribution >= 4 is 46.7 Å². The summed E-state index contributed by atoms with van der Waals surface area (Å²) in [7, 11) is 0. The van der Waals surface area contributed by atoms with Crippen molar-refractivity contribution in [3.05, 3.63) is 75.5 Å². The van der Waals surface area contributed by atoms with Crippen LogP contribution in [0.25, 0.3) is 11.4 Å². The van der Waals surface area contributed by atoms with Gasteiger partial charge in [-0.15, -0.1) is 0 Å². The molecule has 1 aromatic heterocycles. The Morgan fingerprint density at radius 2 is 1.43 bits per heavy atom. The summed E-state index contributed by atoms with van der Waals surface area (Å²) in [5.74, 6) is -2.89. The highest BCUT2D eigenvalue weighted by Crippen LogP contribution is 2.43. The van der Waals surface area contributed by atoms with Crippen LogP contribution in [-0.2, 0) is 9.59 Å². The Balaban J connectivity index is 0.000000161. The van der Waals surface area contributed by atoms with Gasteiger partial charge in [0.25, 0.3) is 0 Å². The van der Waals surface area contributed by atoms with Gasteiger partial charge in [-0.25, -0.2) is 4.98 Å². The number of aromatic nitrogens is 2. The number of H-pyrrole nitrogens is 1. The molecule has 3 aliphatic rings. The molecular weight excluding hydrogens is 557 g/mol. The Morgan fingerprint density at radius 1 is 0.825 bits per heavy atom. The fourth-order valence-corrected chi connectivity index (χ4v) is 5.75. The molecule has 2 saturated carbocycles. The van der Waals surface area contributed by atoms with Crippen LogP contribution >= 0.6 is 23.2 Å². The molecule has 0 amide bonds. The Kier molecular flexibility index (Phi) is 8.07. The second-order valence-corrected chi connectivity index (χ2v) is 11.2. The van der Waals surface area contributed by atoms with Gasteiger partial charge >= 0.3 is 11.9 Å². The molecule has 0 radical (unpaired) electrons. The number of halogens is 2. The number of aromatic amines is 1. The van der Waals surface area contributed by atoms with Crippen LogP contribution in [0, 0.1) is 23.7 Å². The van der Waals surface area contributed by atoms with Crippen molar-refractivity contribution < 1.29 is 29.4 Å². The molecule has 0 bridgehead atoms. The van der Waals surface area contributed by atoms with Gasteiger partial charge in [0.15, 0.2) is 11.6 Å². The first kappa shape index (κ1) is 28.0. The van der Waals surface area contributed by atoms with Crippen molar-refractivity contribution in [2.24, 2.45) is 23.7 Å². The first-order chi connectivity index (χ1) is 19.2. The number of hydrogen-bond acceptors (Lipinski definition) is 6. The number of ketones is 2. The van der Waals surface area contributed by atoms with Crippen molar-refractivity contribution in [2.75, 3.05) is 13.1 Å². The highest BCUT2D eigenvalue weighted by atomic mass is 35.5. The molecular formula is C29H27Cl2N3O6. The first-order valence-electron chi connectivity index (χ1n) is 13.0. The van der Waals surface area contributed by atoms with E-state index in [1.165, 1.54) is 0 Å². The fourth-order valence-electron chi connectivity index (χ4n) is 5.15. The first-order valence-corrected chi connectivity index (χ1v) is 13.7. The fraction of sp³-hybridized carbons (Fsp3) is 0.345. The smallest absolute Gasteiger partial charge is 0.307 e. The van der Waals surface area contributed by atoms with E-state index in [2.05, 4.69) is 15.3 Å².